The van der Waals surface area contributed by atoms with Crippen molar-refractivity contribution in [2.45, 2.75) is 6.00 Å². The molecule has 0 saturated heterocycles. The number of hydrogen-bond donors (Lipinski definition) is 1. The van der Waals surface area contributed by atoms with Crippen LogP contribution in [0.25, 0.3) is 10.9 Å². The number of rotatable bonds is 2. The van der Waals surface area contributed by atoms with Crippen molar-refractivity contribution in [1.82, 2.24) is 4.57 Å². The summed E-state index contributed by atoms with van der Waals surface area (Å²) in [6.45, 7) is 0. The summed E-state index contributed by atoms with van der Waals surface area (Å²) in [5.74, 6) is -0.922. The summed E-state index contributed by atoms with van der Waals surface area (Å²) in [4.78, 5) is 10.7. The monoisotopic (exact) mass is 209 g/mol. The van der Waals surface area contributed by atoms with Crippen molar-refractivity contribution in [1.29, 1.82) is 0 Å². The largest absolute Gasteiger partial charge is 0.478 e. The number of aromatic nitrogens is 1. The first kappa shape index (κ1) is 9.09. The van der Waals surface area contributed by atoms with Gasteiger partial charge in [0.05, 0.1) is 11.6 Å². The van der Waals surface area contributed by atoms with Crippen LogP contribution in [-0.2, 0) is 6.00 Å². The molecule has 0 spiro atoms. The minimum Gasteiger partial charge on any atom is -0.478 e. The number of carboxylic acid groups (broad SMARTS) is 1. The van der Waals surface area contributed by atoms with Crippen molar-refractivity contribution in [2.24, 2.45) is 0 Å². The summed E-state index contributed by atoms with van der Waals surface area (Å²) in [6, 6.07) is 7.22. The van der Waals surface area contributed by atoms with E-state index in [1.165, 1.54) is 0 Å². The number of alkyl halides is 1. The molecule has 1 heterocycles. The molecule has 3 nitrogen and oxygen atoms in total. The zero-order valence-corrected chi connectivity index (χ0v) is 8.03. The molecule has 0 aliphatic carbocycles. The normalized spacial score (nSPS) is 10.6. The van der Waals surface area contributed by atoms with Gasteiger partial charge in [-0.05, 0) is 23.6 Å². The Balaban J connectivity index is 2.67. The Bertz CT molecular complexity index is 490. The van der Waals surface area contributed by atoms with Gasteiger partial charge in [-0.1, -0.05) is 6.07 Å². The minimum absolute atomic E-state index is 0.280. The highest BCUT2D eigenvalue weighted by molar-refractivity contribution is 6.16. The summed E-state index contributed by atoms with van der Waals surface area (Å²) in [7, 11) is 0. The first-order valence-electron chi connectivity index (χ1n) is 4.10. The maximum absolute atomic E-state index is 10.7. The predicted molar refractivity (Wildman–Crippen MR) is 54.8 cm³/mol. The Morgan fingerprint density at radius 1 is 1.43 bits per heavy atom. The van der Waals surface area contributed by atoms with Crippen LogP contribution in [0.1, 0.15) is 10.4 Å². The highest BCUT2D eigenvalue weighted by Gasteiger charge is 2.05. The van der Waals surface area contributed by atoms with Gasteiger partial charge < -0.3 is 9.67 Å². The van der Waals surface area contributed by atoms with E-state index in [4.69, 9.17) is 16.7 Å². The molecule has 2 aromatic rings. The first-order chi connectivity index (χ1) is 6.72. The molecule has 0 aliphatic heterocycles. The third-order valence-corrected chi connectivity index (χ3v) is 2.41. The minimum atomic E-state index is -0.922. The number of hydrogen-bond acceptors (Lipinski definition) is 1. The molecular formula is C10H8ClNO2. The molecule has 0 amide bonds. The molecular weight excluding hydrogens is 202 g/mol. The zero-order chi connectivity index (χ0) is 10.1. The molecule has 1 aromatic carbocycles. The van der Waals surface area contributed by atoms with E-state index in [1.807, 2.05) is 12.3 Å². The van der Waals surface area contributed by atoms with Gasteiger partial charge in [-0.15, -0.1) is 11.6 Å². The summed E-state index contributed by atoms with van der Waals surface area (Å²) in [5.41, 5.74) is 1.13. The van der Waals surface area contributed by atoms with Crippen molar-refractivity contribution in [3.8, 4) is 0 Å². The van der Waals surface area contributed by atoms with Crippen LogP contribution in [0.5, 0.6) is 0 Å². The van der Waals surface area contributed by atoms with Crippen LogP contribution >= 0.6 is 11.6 Å². The van der Waals surface area contributed by atoms with Gasteiger partial charge >= 0.3 is 5.97 Å². The second kappa shape index (κ2) is 3.35. The van der Waals surface area contributed by atoms with Gasteiger partial charge in [0, 0.05) is 11.7 Å². The summed E-state index contributed by atoms with van der Waals surface area (Å²) in [5, 5.41) is 9.80. The number of aromatic carboxylic acids is 1. The zero-order valence-electron chi connectivity index (χ0n) is 7.27. The fourth-order valence-electron chi connectivity index (χ4n) is 1.42. The number of carboxylic acids is 1. The van der Waals surface area contributed by atoms with Crippen molar-refractivity contribution >= 4 is 28.5 Å². The van der Waals surface area contributed by atoms with E-state index in [-0.39, 0.29) is 5.56 Å². The number of carbonyl (C=O) groups is 1. The van der Waals surface area contributed by atoms with Crippen molar-refractivity contribution < 1.29 is 9.90 Å². The van der Waals surface area contributed by atoms with Gasteiger partial charge in [-0.25, -0.2) is 4.79 Å². The lowest BCUT2D eigenvalue weighted by Gasteiger charge is -2.00. The molecule has 0 atom stereocenters. The van der Waals surface area contributed by atoms with Crippen LogP contribution < -0.4 is 0 Å². The first-order valence-corrected chi connectivity index (χ1v) is 4.64. The van der Waals surface area contributed by atoms with Crippen molar-refractivity contribution in [2.75, 3.05) is 0 Å². The van der Waals surface area contributed by atoms with Crippen LogP contribution in [0.4, 0.5) is 0 Å². The van der Waals surface area contributed by atoms with Gasteiger partial charge in [0.1, 0.15) is 0 Å². The van der Waals surface area contributed by atoms with Crippen LogP contribution in [0.3, 0.4) is 0 Å². The van der Waals surface area contributed by atoms with Crippen LogP contribution in [0, 0.1) is 0 Å². The van der Waals surface area contributed by atoms with E-state index in [0.717, 1.165) is 10.9 Å². The Morgan fingerprint density at radius 2 is 2.21 bits per heavy atom. The Labute approximate surface area is 85.5 Å². The second-order valence-corrected chi connectivity index (χ2v) is 3.22. The highest BCUT2D eigenvalue weighted by Crippen LogP contribution is 2.18. The van der Waals surface area contributed by atoms with Gasteiger partial charge in [0.2, 0.25) is 0 Å². The Hall–Kier alpha value is -1.48. The average Bonchev–Trinajstić information content (AvgIpc) is 2.59. The summed E-state index contributed by atoms with van der Waals surface area (Å²) >= 11 is 5.69. The lowest BCUT2D eigenvalue weighted by molar-refractivity contribution is 0.0697. The fourth-order valence-corrected chi connectivity index (χ4v) is 1.63. The summed E-state index contributed by atoms with van der Waals surface area (Å²) < 4.78 is 1.79. The molecule has 1 aromatic heterocycles. The number of benzene rings is 1. The maximum atomic E-state index is 10.7. The van der Waals surface area contributed by atoms with Gasteiger partial charge in [0.15, 0.2) is 0 Å². The SMILES string of the molecule is O=C(O)c1ccc2ccn(CCl)c2c1. The molecule has 0 fully saturated rings. The number of halogens is 1. The average molecular weight is 210 g/mol. The quantitative estimate of drug-likeness (QED) is 0.773. The van der Waals surface area contributed by atoms with Crippen LogP contribution in [-0.4, -0.2) is 15.6 Å². The molecule has 4 heteroatoms. The molecule has 0 saturated carbocycles. The Morgan fingerprint density at radius 3 is 2.86 bits per heavy atom. The van der Waals surface area contributed by atoms with E-state index in [2.05, 4.69) is 0 Å². The smallest absolute Gasteiger partial charge is 0.335 e. The van der Waals surface area contributed by atoms with E-state index in [9.17, 15) is 4.79 Å². The van der Waals surface area contributed by atoms with E-state index < -0.39 is 5.97 Å². The number of nitrogens with zero attached hydrogens (tertiary/aromatic N) is 1. The molecule has 0 unspecified atom stereocenters. The standard InChI is InChI=1S/C10H8ClNO2/c11-6-12-4-3-7-1-2-8(10(13)14)5-9(7)12/h1-5H,6H2,(H,13,14). The van der Waals surface area contributed by atoms with Gasteiger partial charge in [-0.2, -0.15) is 0 Å². The molecule has 1 N–H and O–H groups in total. The third-order valence-electron chi connectivity index (χ3n) is 2.15. The highest BCUT2D eigenvalue weighted by atomic mass is 35.5. The molecule has 0 aliphatic rings. The maximum Gasteiger partial charge on any atom is 0.335 e. The topological polar surface area (TPSA) is 42.2 Å². The Kier molecular flexibility index (Phi) is 2.17. The van der Waals surface area contributed by atoms with Crippen LogP contribution in [0.15, 0.2) is 30.5 Å². The fraction of sp³-hybridized carbons (Fsp3) is 0.100. The molecule has 0 bridgehead atoms. The lowest BCUT2D eigenvalue weighted by Crippen LogP contribution is -1.96. The van der Waals surface area contributed by atoms with Crippen LogP contribution in [0.2, 0.25) is 0 Å². The molecule has 14 heavy (non-hydrogen) atoms. The number of fused-ring (bicyclic) bond motifs is 1. The lowest BCUT2D eigenvalue weighted by atomic mass is 10.2. The predicted octanol–water partition coefficient (Wildman–Crippen LogP) is 2.54. The van der Waals surface area contributed by atoms with E-state index in [0.29, 0.717) is 6.00 Å². The van der Waals surface area contributed by atoms with E-state index >= 15 is 0 Å². The molecule has 2 rings (SSSR count). The molecule has 0 radical (unpaired) electrons. The van der Waals surface area contributed by atoms with Gasteiger partial charge in [0.25, 0.3) is 0 Å². The van der Waals surface area contributed by atoms with Crippen molar-refractivity contribution in [3.63, 3.8) is 0 Å². The molecule has 72 valence electrons. The van der Waals surface area contributed by atoms with Crippen molar-refractivity contribution in [3.05, 3.63) is 36.0 Å². The summed E-state index contributed by atoms with van der Waals surface area (Å²) in [6.07, 6.45) is 1.84. The second-order valence-electron chi connectivity index (χ2n) is 2.98. The van der Waals surface area contributed by atoms with E-state index in [1.54, 1.807) is 22.8 Å². The third kappa shape index (κ3) is 1.36. The van der Waals surface area contributed by atoms with Gasteiger partial charge in [-0.3, -0.25) is 0 Å².